The smallest absolute Gasteiger partial charge is 0.273 e. The van der Waals surface area contributed by atoms with Crippen molar-refractivity contribution in [3.05, 3.63) is 47.3 Å². The number of carbonyl (C=O) groups excluding carboxylic acids is 2. The predicted octanol–water partition coefficient (Wildman–Crippen LogP) is 2.71. The van der Waals surface area contributed by atoms with Crippen LogP contribution in [0.15, 0.2) is 30.3 Å². The van der Waals surface area contributed by atoms with Gasteiger partial charge < -0.3 is 9.80 Å². The van der Waals surface area contributed by atoms with Crippen molar-refractivity contribution < 1.29 is 9.59 Å². The molecule has 2 unspecified atom stereocenters. The average Bonchev–Trinajstić information content (AvgIpc) is 3.12. The first-order chi connectivity index (χ1) is 12.5. The lowest BCUT2D eigenvalue weighted by molar-refractivity contribution is -0.130. The zero-order valence-electron chi connectivity index (χ0n) is 15.5. The quantitative estimate of drug-likeness (QED) is 0.835. The van der Waals surface area contributed by atoms with Gasteiger partial charge in [0.25, 0.3) is 5.91 Å². The Morgan fingerprint density at radius 3 is 2.65 bits per heavy atom. The Balaban J connectivity index is 1.71. The van der Waals surface area contributed by atoms with E-state index in [0.29, 0.717) is 12.2 Å². The maximum absolute atomic E-state index is 13.4. The Morgan fingerprint density at radius 1 is 1.23 bits per heavy atom. The van der Waals surface area contributed by atoms with E-state index in [1.54, 1.807) is 11.6 Å². The minimum Gasteiger partial charge on any atom is -0.341 e. The van der Waals surface area contributed by atoms with Gasteiger partial charge in [0.1, 0.15) is 5.69 Å². The molecule has 2 atom stereocenters. The Kier molecular flexibility index (Phi) is 4.05. The van der Waals surface area contributed by atoms with E-state index in [9.17, 15) is 9.59 Å². The largest absolute Gasteiger partial charge is 0.341 e. The van der Waals surface area contributed by atoms with E-state index in [1.165, 1.54) is 0 Å². The van der Waals surface area contributed by atoms with E-state index in [-0.39, 0.29) is 23.9 Å². The lowest BCUT2D eigenvalue weighted by Crippen LogP contribution is -2.50. The van der Waals surface area contributed by atoms with Crippen LogP contribution in [0.1, 0.15) is 54.5 Å². The van der Waals surface area contributed by atoms with Crippen molar-refractivity contribution in [1.29, 1.82) is 0 Å². The summed E-state index contributed by atoms with van der Waals surface area (Å²) < 4.78 is 1.77. The van der Waals surface area contributed by atoms with Gasteiger partial charge in [-0.3, -0.25) is 9.59 Å². The minimum atomic E-state index is -0.0214. The van der Waals surface area contributed by atoms with Crippen molar-refractivity contribution in [3.63, 3.8) is 0 Å². The van der Waals surface area contributed by atoms with Gasteiger partial charge in [-0.2, -0.15) is 5.10 Å². The number of nitrogens with zero attached hydrogens (tertiary/aromatic N) is 4. The molecular formula is C20H24N4O2. The molecule has 0 bridgehead atoms. The fourth-order valence-electron chi connectivity index (χ4n) is 4.39. The Morgan fingerprint density at radius 2 is 1.96 bits per heavy atom. The molecule has 0 spiro atoms. The molecule has 2 aliphatic rings. The second-order valence-corrected chi connectivity index (χ2v) is 7.24. The van der Waals surface area contributed by atoms with E-state index in [0.717, 1.165) is 36.3 Å². The third kappa shape index (κ3) is 2.52. The van der Waals surface area contributed by atoms with E-state index >= 15 is 0 Å². The number of hydrogen-bond acceptors (Lipinski definition) is 3. The van der Waals surface area contributed by atoms with Crippen molar-refractivity contribution in [1.82, 2.24) is 19.6 Å². The molecular weight excluding hydrogens is 328 g/mol. The average molecular weight is 352 g/mol. The summed E-state index contributed by atoms with van der Waals surface area (Å²) in [7, 11) is 0. The number of aryl methyl sites for hydroxylation is 1. The number of para-hydroxylation sites is 1. The van der Waals surface area contributed by atoms with Crippen LogP contribution >= 0.6 is 0 Å². The maximum Gasteiger partial charge on any atom is 0.273 e. The first kappa shape index (κ1) is 16.8. The lowest BCUT2D eigenvalue weighted by Gasteiger charge is -2.39. The molecule has 1 saturated heterocycles. The third-order valence-corrected chi connectivity index (χ3v) is 5.61. The molecule has 6 nitrogen and oxygen atoms in total. The fourth-order valence-corrected chi connectivity index (χ4v) is 4.39. The summed E-state index contributed by atoms with van der Waals surface area (Å²) in [5, 5.41) is 4.63. The monoisotopic (exact) mass is 352 g/mol. The van der Waals surface area contributed by atoms with Gasteiger partial charge in [0.2, 0.25) is 5.91 Å². The molecule has 0 radical (unpaired) electrons. The van der Waals surface area contributed by atoms with Gasteiger partial charge >= 0.3 is 0 Å². The fraction of sp³-hybridized carbons (Fsp3) is 0.450. The highest BCUT2D eigenvalue weighted by Gasteiger charge is 2.44. The zero-order valence-corrected chi connectivity index (χ0v) is 15.5. The van der Waals surface area contributed by atoms with Crippen LogP contribution in [0, 0.1) is 6.92 Å². The van der Waals surface area contributed by atoms with Crippen molar-refractivity contribution in [2.75, 3.05) is 13.1 Å². The summed E-state index contributed by atoms with van der Waals surface area (Å²) in [4.78, 5) is 29.0. The van der Waals surface area contributed by atoms with Crippen LogP contribution in [0.2, 0.25) is 0 Å². The minimum absolute atomic E-state index is 0.0207. The topological polar surface area (TPSA) is 58.4 Å². The van der Waals surface area contributed by atoms with Crippen molar-refractivity contribution >= 4 is 11.8 Å². The summed E-state index contributed by atoms with van der Waals surface area (Å²) in [6.45, 7) is 7.04. The van der Waals surface area contributed by atoms with Gasteiger partial charge in [-0.25, -0.2) is 4.68 Å². The van der Waals surface area contributed by atoms with Crippen LogP contribution in [0.4, 0.5) is 0 Å². The number of likely N-dealkylation sites (tertiary alicyclic amines) is 1. The molecule has 0 N–H and O–H groups in total. The van der Waals surface area contributed by atoms with Gasteiger partial charge in [0.15, 0.2) is 0 Å². The van der Waals surface area contributed by atoms with Crippen LogP contribution in [0.5, 0.6) is 0 Å². The van der Waals surface area contributed by atoms with Crippen molar-refractivity contribution in [2.24, 2.45) is 0 Å². The maximum atomic E-state index is 13.4. The molecule has 26 heavy (non-hydrogen) atoms. The number of amides is 2. The SMILES string of the molecule is CC(=O)N1CCCC(N2C(=O)c3c(c(C)nn3-c3ccccc3)C2C)C1. The first-order valence-electron chi connectivity index (χ1n) is 9.22. The second-order valence-electron chi connectivity index (χ2n) is 7.24. The molecule has 6 heteroatoms. The first-order valence-corrected chi connectivity index (χ1v) is 9.22. The second kappa shape index (κ2) is 6.27. The zero-order chi connectivity index (χ0) is 18.4. The molecule has 0 aliphatic carbocycles. The number of benzene rings is 1. The predicted molar refractivity (Wildman–Crippen MR) is 98.2 cm³/mol. The summed E-state index contributed by atoms with van der Waals surface area (Å²) in [6.07, 6.45) is 1.86. The van der Waals surface area contributed by atoms with Gasteiger partial charge in [-0.15, -0.1) is 0 Å². The third-order valence-electron chi connectivity index (χ3n) is 5.61. The number of rotatable bonds is 2. The Bertz CT molecular complexity index is 858. The van der Waals surface area contributed by atoms with E-state index < -0.39 is 0 Å². The Hall–Kier alpha value is -2.63. The summed E-state index contributed by atoms with van der Waals surface area (Å²) in [5.41, 5.74) is 3.47. The van der Waals surface area contributed by atoms with Crippen molar-refractivity contribution in [2.45, 2.75) is 45.7 Å². The van der Waals surface area contributed by atoms with Gasteiger partial charge in [-0.1, -0.05) is 18.2 Å². The number of aromatic nitrogens is 2. The molecule has 1 fully saturated rings. The molecule has 2 amide bonds. The van der Waals surface area contributed by atoms with E-state index in [2.05, 4.69) is 12.0 Å². The van der Waals surface area contributed by atoms with Gasteiger partial charge in [-0.05, 0) is 38.8 Å². The van der Waals surface area contributed by atoms with E-state index in [4.69, 9.17) is 0 Å². The normalized spacial score (nSPS) is 22.7. The summed E-state index contributed by atoms with van der Waals surface area (Å²) in [5.74, 6) is 0.102. The molecule has 136 valence electrons. The Labute approximate surface area is 153 Å². The van der Waals surface area contributed by atoms with E-state index in [1.807, 2.05) is 47.1 Å². The summed E-state index contributed by atoms with van der Waals surface area (Å²) >= 11 is 0. The van der Waals surface area contributed by atoms with Crippen LogP contribution in [-0.2, 0) is 4.79 Å². The lowest BCUT2D eigenvalue weighted by atomic mass is 10.0. The number of fused-ring (bicyclic) bond motifs is 1. The highest BCUT2D eigenvalue weighted by atomic mass is 16.2. The standard InChI is InChI=1S/C20H24N4O2/c1-13-18-14(2)23(17-10-7-11-22(12-17)15(3)25)20(26)19(18)24(21-13)16-8-5-4-6-9-16/h4-6,8-9,14,17H,7,10-12H2,1-3H3. The highest BCUT2D eigenvalue weighted by Crippen LogP contribution is 2.39. The number of piperidine rings is 1. The molecule has 2 aliphatic heterocycles. The molecule has 3 heterocycles. The molecule has 2 aromatic rings. The van der Waals surface area contributed by atoms with Crippen LogP contribution < -0.4 is 0 Å². The highest BCUT2D eigenvalue weighted by molar-refractivity contribution is 5.98. The molecule has 1 aromatic carbocycles. The molecule has 0 saturated carbocycles. The summed E-state index contributed by atoms with van der Waals surface area (Å²) in [6, 6.07) is 9.82. The van der Waals surface area contributed by atoms with Crippen LogP contribution in [0.25, 0.3) is 5.69 Å². The van der Waals surface area contributed by atoms with Crippen LogP contribution in [0.3, 0.4) is 0 Å². The van der Waals surface area contributed by atoms with Crippen molar-refractivity contribution in [3.8, 4) is 5.69 Å². The number of carbonyl (C=O) groups is 2. The number of hydrogen-bond donors (Lipinski definition) is 0. The van der Waals surface area contributed by atoms with Gasteiger partial charge in [0, 0.05) is 25.6 Å². The molecule has 4 rings (SSSR count). The molecule has 1 aromatic heterocycles. The van der Waals surface area contributed by atoms with Crippen LogP contribution in [-0.4, -0.2) is 50.5 Å². The van der Waals surface area contributed by atoms with Gasteiger partial charge in [0.05, 0.1) is 23.5 Å².